The molecule has 1 aromatic heterocycles. The first kappa shape index (κ1) is 15.1. The third-order valence-electron chi connectivity index (χ3n) is 3.07. The summed E-state index contributed by atoms with van der Waals surface area (Å²) in [5.41, 5.74) is 1.27. The van der Waals surface area contributed by atoms with Gasteiger partial charge < -0.3 is 10.1 Å². The van der Waals surface area contributed by atoms with Gasteiger partial charge in [0, 0.05) is 19.5 Å². The van der Waals surface area contributed by atoms with E-state index < -0.39 is 0 Å². The molecule has 3 nitrogen and oxygen atoms in total. The van der Waals surface area contributed by atoms with Crippen LogP contribution in [0.2, 0.25) is 0 Å². The van der Waals surface area contributed by atoms with Crippen LogP contribution >= 0.6 is 0 Å². The normalized spacial score (nSPS) is 15.4. The zero-order chi connectivity index (χ0) is 13.6. The predicted molar refractivity (Wildman–Crippen MR) is 75.5 cm³/mol. The molecule has 0 saturated carbocycles. The fraction of sp³-hybridized carbons (Fsp3) is 0.667. The van der Waals surface area contributed by atoms with E-state index >= 15 is 0 Å². The van der Waals surface area contributed by atoms with Crippen molar-refractivity contribution in [1.82, 2.24) is 10.3 Å². The molecule has 1 rings (SSSR count). The smallest absolute Gasteiger partial charge is 0.0814 e. The number of hydrogen-bond donors (Lipinski definition) is 1. The highest BCUT2D eigenvalue weighted by molar-refractivity contribution is 5.16. The van der Waals surface area contributed by atoms with Gasteiger partial charge in [-0.3, -0.25) is 4.98 Å². The molecule has 18 heavy (non-hydrogen) atoms. The van der Waals surface area contributed by atoms with Crippen LogP contribution in [0.25, 0.3) is 0 Å². The highest BCUT2D eigenvalue weighted by atomic mass is 16.5. The van der Waals surface area contributed by atoms with E-state index in [-0.39, 0.29) is 17.6 Å². The summed E-state index contributed by atoms with van der Waals surface area (Å²) >= 11 is 0. The van der Waals surface area contributed by atoms with Crippen molar-refractivity contribution < 1.29 is 4.74 Å². The van der Waals surface area contributed by atoms with Crippen molar-refractivity contribution >= 4 is 0 Å². The minimum atomic E-state index is 0.0794. The van der Waals surface area contributed by atoms with Crippen LogP contribution in [-0.2, 0) is 4.74 Å². The van der Waals surface area contributed by atoms with Gasteiger partial charge in [0.15, 0.2) is 0 Å². The Morgan fingerprint density at radius 1 is 1.39 bits per heavy atom. The number of nitrogens with zero attached hydrogens (tertiary/aromatic N) is 1. The second kappa shape index (κ2) is 6.86. The summed E-state index contributed by atoms with van der Waals surface area (Å²) in [5, 5.41) is 3.58. The Bertz CT molecular complexity index is 332. The van der Waals surface area contributed by atoms with Gasteiger partial charge in [-0.05, 0) is 30.0 Å². The van der Waals surface area contributed by atoms with Gasteiger partial charge in [0.05, 0.1) is 12.1 Å². The van der Waals surface area contributed by atoms with E-state index in [0.29, 0.717) is 0 Å². The first-order chi connectivity index (χ1) is 8.50. The van der Waals surface area contributed by atoms with Crippen LogP contribution in [0.5, 0.6) is 0 Å². The Hall–Kier alpha value is -0.930. The maximum absolute atomic E-state index is 5.74. The van der Waals surface area contributed by atoms with Gasteiger partial charge in [-0.2, -0.15) is 0 Å². The summed E-state index contributed by atoms with van der Waals surface area (Å²) in [6.45, 7) is 9.77. The molecule has 2 atom stereocenters. The minimum Gasteiger partial charge on any atom is -0.379 e. The van der Waals surface area contributed by atoms with Gasteiger partial charge in [-0.1, -0.05) is 33.8 Å². The number of ether oxygens (including phenoxy) is 1. The molecule has 0 aromatic carbocycles. The molecule has 0 aliphatic rings. The SMILES string of the molecule is CCCNC(c1cccnc1)C(OC)C(C)(C)C. The van der Waals surface area contributed by atoms with Gasteiger partial charge in [-0.25, -0.2) is 0 Å². The molecule has 1 N–H and O–H groups in total. The van der Waals surface area contributed by atoms with Crippen molar-refractivity contribution in [2.24, 2.45) is 5.41 Å². The summed E-state index contributed by atoms with van der Waals surface area (Å²) < 4.78 is 5.74. The molecule has 1 heterocycles. The molecule has 0 aliphatic carbocycles. The molecular formula is C15H26N2O. The lowest BCUT2D eigenvalue weighted by molar-refractivity contribution is -0.0120. The Morgan fingerprint density at radius 2 is 2.11 bits per heavy atom. The van der Waals surface area contributed by atoms with Crippen LogP contribution in [0.15, 0.2) is 24.5 Å². The van der Waals surface area contributed by atoms with Gasteiger partial charge in [0.1, 0.15) is 0 Å². The molecule has 2 unspecified atom stereocenters. The summed E-state index contributed by atoms with van der Waals surface area (Å²) in [6.07, 6.45) is 4.95. The topological polar surface area (TPSA) is 34.2 Å². The summed E-state index contributed by atoms with van der Waals surface area (Å²) in [6, 6.07) is 4.27. The second-order valence-corrected chi connectivity index (χ2v) is 5.74. The van der Waals surface area contributed by atoms with Crippen molar-refractivity contribution in [3.05, 3.63) is 30.1 Å². The van der Waals surface area contributed by atoms with Crippen LogP contribution in [0, 0.1) is 5.41 Å². The predicted octanol–water partition coefficient (Wildman–Crippen LogP) is 3.18. The molecule has 0 saturated heterocycles. The highest BCUT2D eigenvalue weighted by Gasteiger charge is 2.33. The summed E-state index contributed by atoms with van der Waals surface area (Å²) in [4.78, 5) is 4.22. The lowest BCUT2D eigenvalue weighted by atomic mass is 9.82. The Kier molecular flexibility index (Phi) is 5.76. The first-order valence-corrected chi connectivity index (χ1v) is 6.66. The lowest BCUT2D eigenvalue weighted by Crippen LogP contribution is -2.41. The van der Waals surface area contributed by atoms with Gasteiger partial charge >= 0.3 is 0 Å². The van der Waals surface area contributed by atoms with Crippen LogP contribution in [-0.4, -0.2) is 24.7 Å². The minimum absolute atomic E-state index is 0.0794. The highest BCUT2D eigenvalue weighted by Crippen LogP contribution is 2.32. The molecule has 0 spiro atoms. The zero-order valence-electron chi connectivity index (χ0n) is 12.2. The number of hydrogen-bond acceptors (Lipinski definition) is 3. The third kappa shape index (κ3) is 4.07. The average Bonchev–Trinajstić information content (AvgIpc) is 2.34. The summed E-state index contributed by atoms with van der Waals surface area (Å²) in [7, 11) is 1.78. The van der Waals surface area contributed by atoms with Crippen LogP contribution in [0.1, 0.15) is 45.7 Å². The van der Waals surface area contributed by atoms with E-state index in [0.717, 1.165) is 13.0 Å². The average molecular weight is 250 g/mol. The number of nitrogens with one attached hydrogen (secondary N) is 1. The van der Waals surface area contributed by atoms with Gasteiger partial charge in [0.2, 0.25) is 0 Å². The fourth-order valence-corrected chi connectivity index (χ4v) is 2.25. The largest absolute Gasteiger partial charge is 0.379 e. The number of aromatic nitrogens is 1. The molecule has 3 heteroatoms. The van der Waals surface area contributed by atoms with E-state index in [1.54, 1.807) is 13.3 Å². The zero-order valence-corrected chi connectivity index (χ0v) is 12.2. The maximum atomic E-state index is 5.74. The Morgan fingerprint density at radius 3 is 2.56 bits per heavy atom. The van der Waals surface area contributed by atoms with Crippen LogP contribution in [0.4, 0.5) is 0 Å². The lowest BCUT2D eigenvalue weighted by Gasteiger charge is -2.36. The van der Waals surface area contributed by atoms with Crippen LogP contribution < -0.4 is 5.32 Å². The van der Waals surface area contributed by atoms with E-state index in [4.69, 9.17) is 4.74 Å². The molecule has 0 fully saturated rings. The molecular weight excluding hydrogens is 224 g/mol. The molecule has 1 aromatic rings. The number of rotatable bonds is 6. The number of methoxy groups -OCH3 is 1. The molecule has 0 aliphatic heterocycles. The van der Waals surface area contributed by atoms with Crippen molar-refractivity contribution in [3.63, 3.8) is 0 Å². The van der Waals surface area contributed by atoms with E-state index in [1.165, 1.54) is 5.56 Å². The first-order valence-electron chi connectivity index (χ1n) is 6.66. The monoisotopic (exact) mass is 250 g/mol. The standard InChI is InChI=1S/C15H26N2O/c1-6-9-17-13(12-8-7-10-16-11-12)14(18-5)15(2,3)4/h7-8,10-11,13-14,17H,6,9H2,1-5H3. The maximum Gasteiger partial charge on any atom is 0.0814 e. The van der Waals surface area contributed by atoms with Crippen molar-refractivity contribution in [2.45, 2.75) is 46.3 Å². The van der Waals surface area contributed by atoms with Gasteiger partial charge in [0.25, 0.3) is 0 Å². The number of pyridine rings is 1. The van der Waals surface area contributed by atoms with E-state index in [2.05, 4.69) is 44.1 Å². The van der Waals surface area contributed by atoms with Crippen molar-refractivity contribution in [3.8, 4) is 0 Å². The van der Waals surface area contributed by atoms with E-state index in [1.807, 2.05) is 12.3 Å². The fourth-order valence-electron chi connectivity index (χ4n) is 2.25. The molecule has 102 valence electrons. The molecule has 0 bridgehead atoms. The second-order valence-electron chi connectivity index (χ2n) is 5.74. The van der Waals surface area contributed by atoms with Crippen molar-refractivity contribution in [1.29, 1.82) is 0 Å². The Balaban J connectivity index is 2.97. The summed E-state index contributed by atoms with van der Waals surface area (Å²) in [5.74, 6) is 0. The Labute approximate surface area is 111 Å². The molecule has 0 amide bonds. The molecule has 0 radical (unpaired) electrons. The quantitative estimate of drug-likeness (QED) is 0.842. The van der Waals surface area contributed by atoms with Crippen molar-refractivity contribution in [2.75, 3.05) is 13.7 Å². The van der Waals surface area contributed by atoms with E-state index in [9.17, 15) is 0 Å². The van der Waals surface area contributed by atoms with Gasteiger partial charge in [-0.15, -0.1) is 0 Å². The van der Waals surface area contributed by atoms with Crippen LogP contribution in [0.3, 0.4) is 0 Å². The third-order valence-corrected chi connectivity index (χ3v) is 3.07.